The molecule has 0 aliphatic rings. The maximum absolute atomic E-state index is 13.0. The summed E-state index contributed by atoms with van der Waals surface area (Å²) in [7, 11) is 1.51. The minimum Gasteiger partial charge on any atom is -0.395 e. The molecule has 1 rings (SSSR count). The molecule has 0 radical (unpaired) electrons. The predicted molar refractivity (Wildman–Crippen MR) is 57.9 cm³/mol. The first-order chi connectivity index (χ1) is 7.54. The summed E-state index contributed by atoms with van der Waals surface area (Å²) < 4.78 is 25.9. The van der Waals surface area contributed by atoms with Crippen molar-refractivity contribution in [1.82, 2.24) is 5.32 Å². The van der Waals surface area contributed by atoms with Crippen LogP contribution in [0, 0.1) is 11.6 Å². The summed E-state index contributed by atoms with van der Waals surface area (Å²) in [4.78, 5) is 10.9. The van der Waals surface area contributed by atoms with E-state index in [2.05, 4.69) is 10.6 Å². The average Bonchev–Trinajstić information content (AvgIpc) is 2.24. The fourth-order valence-corrected chi connectivity index (χ4v) is 1.17. The van der Waals surface area contributed by atoms with Crippen molar-refractivity contribution in [3.05, 3.63) is 23.8 Å². The normalized spacial score (nSPS) is 9.94. The Bertz CT molecular complexity index is 396. The van der Waals surface area contributed by atoms with Crippen LogP contribution in [0.2, 0.25) is 0 Å². The van der Waals surface area contributed by atoms with Crippen LogP contribution < -0.4 is 16.4 Å². The highest BCUT2D eigenvalue weighted by Gasteiger charge is 2.08. The van der Waals surface area contributed by atoms with Crippen molar-refractivity contribution in [2.75, 3.05) is 24.6 Å². The minimum atomic E-state index is -0.817. The van der Waals surface area contributed by atoms with Gasteiger partial charge in [-0.1, -0.05) is 0 Å². The second kappa shape index (κ2) is 5.29. The molecule has 0 aromatic heterocycles. The van der Waals surface area contributed by atoms with Crippen LogP contribution in [-0.4, -0.2) is 19.5 Å². The van der Waals surface area contributed by atoms with Gasteiger partial charge in [-0.25, -0.2) is 8.78 Å². The van der Waals surface area contributed by atoms with Gasteiger partial charge in [-0.05, 0) is 6.07 Å². The average molecular weight is 229 g/mol. The second-order valence-electron chi connectivity index (χ2n) is 3.20. The van der Waals surface area contributed by atoms with E-state index in [4.69, 9.17) is 5.73 Å². The summed E-state index contributed by atoms with van der Waals surface area (Å²) in [6, 6.07) is 1.79. The monoisotopic (exact) mass is 229 g/mol. The third-order valence-electron chi connectivity index (χ3n) is 2.04. The number of benzene rings is 1. The summed E-state index contributed by atoms with van der Waals surface area (Å²) in [5.74, 6) is -1.69. The first-order valence-corrected chi connectivity index (χ1v) is 4.73. The van der Waals surface area contributed by atoms with E-state index in [1.54, 1.807) is 0 Å². The molecule has 0 spiro atoms. The van der Waals surface area contributed by atoms with Crippen molar-refractivity contribution >= 4 is 17.3 Å². The van der Waals surface area contributed by atoms with Gasteiger partial charge in [0.25, 0.3) is 0 Å². The molecule has 6 heteroatoms. The number of amides is 1. The number of nitrogen functional groups attached to an aromatic ring is 1. The Morgan fingerprint density at radius 2 is 2.12 bits per heavy atom. The molecule has 4 N–H and O–H groups in total. The van der Waals surface area contributed by atoms with Gasteiger partial charge in [0.1, 0.15) is 5.82 Å². The summed E-state index contributed by atoms with van der Waals surface area (Å²) in [5.41, 5.74) is 5.40. The van der Waals surface area contributed by atoms with E-state index in [9.17, 15) is 13.6 Å². The van der Waals surface area contributed by atoms with Gasteiger partial charge in [0.15, 0.2) is 5.82 Å². The first kappa shape index (κ1) is 12.2. The van der Waals surface area contributed by atoms with Crippen LogP contribution in [0.4, 0.5) is 20.2 Å². The molecular weight excluding hydrogens is 216 g/mol. The molecule has 0 heterocycles. The van der Waals surface area contributed by atoms with Crippen LogP contribution in [0.3, 0.4) is 0 Å². The number of halogens is 2. The Kier molecular flexibility index (Phi) is 4.04. The fraction of sp³-hybridized carbons (Fsp3) is 0.300. The Labute approximate surface area is 91.8 Å². The van der Waals surface area contributed by atoms with Crippen LogP contribution in [0.25, 0.3) is 0 Å². The highest BCUT2D eigenvalue weighted by Crippen LogP contribution is 2.23. The van der Waals surface area contributed by atoms with E-state index in [1.807, 2.05) is 0 Å². The van der Waals surface area contributed by atoms with E-state index < -0.39 is 11.6 Å². The molecule has 0 aliphatic heterocycles. The summed E-state index contributed by atoms with van der Waals surface area (Å²) in [6.07, 6.45) is 0.202. The van der Waals surface area contributed by atoms with Crippen molar-refractivity contribution in [3.8, 4) is 0 Å². The van der Waals surface area contributed by atoms with Gasteiger partial charge in [0, 0.05) is 26.1 Å². The van der Waals surface area contributed by atoms with Crippen molar-refractivity contribution in [2.24, 2.45) is 0 Å². The first-order valence-electron chi connectivity index (χ1n) is 4.73. The van der Waals surface area contributed by atoms with Crippen LogP contribution in [0.5, 0.6) is 0 Å². The van der Waals surface area contributed by atoms with Gasteiger partial charge in [-0.2, -0.15) is 0 Å². The van der Waals surface area contributed by atoms with Gasteiger partial charge in [-0.3, -0.25) is 4.79 Å². The Morgan fingerprint density at radius 3 is 2.75 bits per heavy atom. The highest BCUT2D eigenvalue weighted by atomic mass is 19.1. The largest absolute Gasteiger partial charge is 0.395 e. The Morgan fingerprint density at radius 1 is 1.44 bits per heavy atom. The number of hydrogen-bond acceptors (Lipinski definition) is 3. The lowest BCUT2D eigenvalue weighted by molar-refractivity contribution is -0.120. The third kappa shape index (κ3) is 3.08. The smallest absolute Gasteiger partial charge is 0.221 e. The van der Waals surface area contributed by atoms with Gasteiger partial charge >= 0.3 is 0 Å². The quantitative estimate of drug-likeness (QED) is 0.677. The van der Waals surface area contributed by atoms with E-state index in [0.717, 1.165) is 6.07 Å². The lowest BCUT2D eigenvalue weighted by Gasteiger charge is -2.09. The molecule has 4 nitrogen and oxygen atoms in total. The zero-order chi connectivity index (χ0) is 12.1. The third-order valence-corrected chi connectivity index (χ3v) is 2.04. The standard InChI is InChI=1S/C10H13F2N3O/c1-14-9(16)2-3-15-8-5-6(11)4-7(12)10(8)13/h4-5,15H,2-3,13H2,1H3,(H,14,16). The minimum absolute atomic E-state index is 0.154. The van der Waals surface area contributed by atoms with Crippen molar-refractivity contribution < 1.29 is 13.6 Å². The summed E-state index contributed by atoms with van der Waals surface area (Å²) >= 11 is 0. The topological polar surface area (TPSA) is 67.2 Å². The molecule has 0 fully saturated rings. The number of nitrogens with one attached hydrogen (secondary N) is 2. The molecule has 0 aliphatic carbocycles. The van der Waals surface area contributed by atoms with E-state index in [1.165, 1.54) is 7.05 Å². The fourth-order valence-electron chi connectivity index (χ4n) is 1.17. The van der Waals surface area contributed by atoms with Gasteiger partial charge in [-0.15, -0.1) is 0 Å². The number of carbonyl (C=O) groups excluding carboxylic acids is 1. The van der Waals surface area contributed by atoms with Crippen LogP contribution >= 0.6 is 0 Å². The molecule has 0 saturated carbocycles. The number of nitrogens with two attached hydrogens (primary N) is 1. The Hall–Kier alpha value is -1.85. The predicted octanol–water partition coefficient (Wildman–Crippen LogP) is 1.09. The molecule has 0 atom stereocenters. The highest BCUT2D eigenvalue weighted by molar-refractivity contribution is 5.76. The van der Waals surface area contributed by atoms with Crippen molar-refractivity contribution in [3.63, 3.8) is 0 Å². The van der Waals surface area contributed by atoms with E-state index >= 15 is 0 Å². The molecule has 16 heavy (non-hydrogen) atoms. The maximum Gasteiger partial charge on any atom is 0.221 e. The van der Waals surface area contributed by atoms with Crippen LogP contribution in [-0.2, 0) is 4.79 Å². The van der Waals surface area contributed by atoms with Gasteiger partial charge in [0.2, 0.25) is 5.91 Å². The zero-order valence-electron chi connectivity index (χ0n) is 8.81. The Balaban J connectivity index is 2.63. The molecule has 1 amide bonds. The van der Waals surface area contributed by atoms with Crippen LogP contribution in [0.15, 0.2) is 12.1 Å². The molecule has 1 aromatic rings. The lowest BCUT2D eigenvalue weighted by Crippen LogP contribution is -2.21. The molecule has 0 bridgehead atoms. The molecular formula is C10H13F2N3O. The number of carbonyl (C=O) groups is 1. The van der Waals surface area contributed by atoms with Crippen molar-refractivity contribution in [2.45, 2.75) is 6.42 Å². The molecule has 88 valence electrons. The molecule has 0 unspecified atom stereocenters. The number of anilines is 2. The maximum atomic E-state index is 13.0. The summed E-state index contributed by atoms with van der Waals surface area (Å²) in [6.45, 7) is 0.257. The SMILES string of the molecule is CNC(=O)CCNc1cc(F)cc(F)c1N. The lowest BCUT2D eigenvalue weighted by atomic mass is 10.2. The zero-order valence-corrected chi connectivity index (χ0v) is 8.81. The van der Waals surface area contributed by atoms with E-state index in [-0.39, 0.29) is 30.2 Å². The van der Waals surface area contributed by atoms with Gasteiger partial charge in [0.05, 0.1) is 11.4 Å². The van der Waals surface area contributed by atoms with Gasteiger partial charge < -0.3 is 16.4 Å². The second-order valence-corrected chi connectivity index (χ2v) is 3.20. The van der Waals surface area contributed by atoms with Crippen LogP contribution in [0.1, 0.15) is 6.42 Å². The van der Waals surface area contributed by atoms with E-state index in [0.29, 0.717) is 6.07 Å². The molecule has 0 saturated heterocycles. The summed E-state index contributed by atoms with van der Waals surface area (Å²) in [5, 5.41) is 5.12. The number of rotatable bonds is 4. The van der Waals surface area contributed by atoms with Crippen molar-refractivity contribution in [1.29, 1.82) is 0 Å². The number of hydrogen-bond donors (Lipinski definition) is 3. The molecule has 1 aromatic carbocycles.